The molecule has 0 aromatic carbocycles. The van der Waals surface area contributed by atoms with E-state index in [1.165, 1.54) is 0 Å². The molecule has 0 radical (unpaired) electrons. The second-order valence-electron chi connectivity index (χ2n) is 5.51. The van der Waals surface area contributed by atoms with Gasteiger partial charge in [0.15, 0.2) is 0 Å². The number of aromatic amines is 1. The first kappa shape index (κ1) is 11.2. The minimum absolute atomic E-state index is 0.144. The lowest BCUT2D eigenvalue weighted by Crippen LogP contribution is -2.28. The Morgan fingerprint density at radius 2 is 1.93 bits per heavy atom. The highest BCUT2D eigenvalue weighted by molar-refractivity contribution is 5.10. The van der Waals surface area contributed by atoms with Crippen LogP contribution >= 0.6 is 0 Å². The zero-order valence-corrected chi connectivity index (χ0v) is 9.89. The summed E-state index contributed by atoms with van der Waals surface area (Å²) >= 11 is 0. The monoisotopic (exact) mass is 195 g/mol. The van der Waals surface area contributed by atoms with Crippen LogP contribution < -0.4 is 0 Å². The molecule has 80 valence electrons. The quantitative estimate of drug-likeness (QED) is 0.805. The van der Waals surface area contributed by atoms with E-state index in [9.17, 15) is 0 Å². The zero-order chi connectivity index (χ0) is 10.8. The van der Waals surface area contributed by atoms with Gasteiger partial charge in [0.05, 0.1) is 11.9 Å². The smallest absolute Gasteiger partial charge is 0.0883 e. The number of rotatable bonds is 3. The van der Waals surface area contributed by atoms with Gasteiger partial charge < -0.3 is 0 Å². The van der Waals surface area contributed by atoms with E-state index in [0.717, 1.165) is 18.5 Å². The highest BCUT2D eigenvalue weighted by atomic mass is 15.3. The molecule has 0 aliphatic heterocycles. The molecule has 1 unspecified atom stereocenters. The van der Waals surface area contributed by atoms with Crippen molar-refractivity contribution in [1.82, 2.24) is 15.4 Å². The number of H-pyrrole nitrogens is 1. The first-order valence-corrected chi connectivity index (χ1v) is 5.24. The van der Waals surface area contributed by atoms with Gasteiger partial charge in [-0.25, -0.2) is 0 Å². The van der Waals surface area contributed by atoms with E-state index in [-0.39, 0.29) is 5.41 Å². The maximum atomic E-state index is 4.21. The molecule has 1 aromatic rings. The molecule has 1 aromatic heterocycles. The van der Waals surface area contributed by atoms with Gasteiger partial charge in [-0.1, -0.05) is 34.6 Å². The highest BCUT2D eigenvalue weighted by Crippen LogP contribution is 2.37. The van der Waals surface area contributed by atoms with Gasteiger partial charge in [-0.3, -0.25) is 0 Å². The third-order valence-corrected chi connectivity index (χ3v) is 2.73. The average Bonchev–Trinajstić information content (AvgIpc) is 2.53. The van der Waals surface area contributed by atoms with Crippen LogP contribution in [0.15, 0.2) is 6.20 Å². The van der Waals surface area contributed by atoms with Crippen LogP contribution in [0.1, 0.15) is 53.2 Å². The normalized spacial score (nSPS) is 16.6. The van der Waals surface area contributed by atoms with E-state index in [4.69, 9.17) is 0 Å². The minimum Gasteiger partial charge on any atom is -0.198 e. The van der Waals surface area contributed by atoms with Crippen LogP contribution in [-0.2, 0) is 5.41 Å². The van der Waals surface area contributed by atoms with E-state index in [1.54, 1.807) is 0 Å². The minimum atomic E-state index is 0.144. The molecule has 1 heterocycles. The Bertz CT molecular complexity index is 271. The Morgan fingerprint density at radius 1 is 1.29 bits per heavy atom. The maximum Gasteiger partial charge on any atom is 0.0883 e. The lowest BCUT2D eigenvalue weighted by molar-refractivity contribution is 0.256. The summed E-state index contributed by atoms with van der Waals surface area (Å²) in [5, 5.41) is 10.8. The molecule has 1 N–H and O–H groups in total. The molecule has 1 rings (SSSR count). The lowest BCUT2D eigenvalue weighted by Gasteiger charge is -2.33. The van der Waals surface area contributed by atoms with E-state index in [2.05, 4.69) is 50.0 Å². The third-order valence-electron chi connectivity index (χ3n) is 2.73. The zero-order valence-electron chi connectivity index (χ0n) is 9.89. The third kappa shape index (κ3) is 2.56. The van der Waals surface area contributed by atoms with Gasteiger partial charge in [0.1, 0.15) is 0 Å². The second kappa shape index (κ2) is 3.71. The average molecular weight is 195 g/mol. The topological polar surface area (TPSA) is 41.6 Å². The van der Waals surface area contributed by atoms with Gasteiger partial charge in [-0.05, 0) is 18.3 Å². The van der Waals surface area contributed by atoms with Crippen molar-refractivity contribution in [2.45, 2.75) is 52.9 Å². The highest BCUT2D eigenvalue weighted by Gasteiger charge is 2.32. The van der Waals surface area contributed by atoms with Crippen molar-refractivity contribution in [3.63, 3.8) is 0 Å². The molecule has 3 heteroatoms. The van der Waals surface area contributed by atoms with Crippen molar-refractivity contribution < 1.29 is 0 Å². The Kier molecular flexibility index (Phi) is 2.98. The van der Waals surface area contributed by atoms with Crippen molar-refractivity contribution in [2.75, 3.05) is 0 Å². The van der Waals surface area contributed by atoms with Crippen molar-refractivity contribution in [1.29, 1.82) is 0 Å². The molecule has 0 fully saturated rings. The fraction of sp³-hybridized carbons (Fsp3) is 0.818. The molecule has 0 bridgehead atoms. The Hall–Kier alpha value is -0.860. The van der Waals surface area contributed by atoms with Gasteiger partial charge in [0, 0.05) is 5.41 Å². The first-order chi connectivity index (χ1) is 6.37. The first-order valence-electron chi connectivity index (χ1n) is 5.24. The SMILES string of the molecule is CCC(C)(CC(C)(C)C)c1cn[nH]n1. The van der Waals surface area contributed by atoms with Crippen LogP contribution in [0.2, 0.25) is 0 Å². The van der Waals surface area contributed by atoms with Crippen LogP contribution in [0.25, 0.3) is 0 Å². The Labute approximate surface area is 86.3 Å². The molecule has 0 aliphatic carbocycles. The number of aromatic nitrogens is 3. The molecule has 0 saturated heterocycles. The molecule has 1 atom stereocenters. The van der Waals surface area contributed by atoms with Crippen molar-refractivity contribution in [3.05, 3.63) is 11.9 Å². The lowest BCUT2D eigenvalue weighted by atomic mass is 9.72. The second-order valence-corrected chi connectivity index (χ2v) is 5.51. The van der Waals surface area contributed by atoms with Crippen LogP contribution in [0, 0.1) is 5.41 Å². The number of nitrogens with one attached hydrogen (secondary N) is 1. The molecule has 0 amide bonds. The summed E-state index contributed by atoms with van der Waals surface area (Å²) in [6.45, 7) is 11.3. The number of nitrogens with zero attached hydrogens (tertiary/aromatic N) is 2. The summed E-state index contributed by atoms with van der Waals surface area (Å²) in [6, 6.07) is 0. The largest absolute Gasteiger partial charge is 0.198 e. The summed E-state index contributed by atoms with van der Waals surface area (Å²) in [5.74, 6) is 0. The molecular weight excluding hydrogens is 174 g/mol. The molecular formula is C11H21N3. The molecule has 0 saturated carbocycles. The summed E-state index contributed by atoms with van der Waals surface area (Å²) in [4.78, 5) is 0. The maximum absolute atomic E-state index is 4.21. The van der Waals surface area contributed by atoms with Crippen LogP contribution in [0.4, 0.5) is 0 Å². The number of hydrogen-bond acceptors (Lipinski definition) is 2. The van der Waals surface area contributed by atoms with Crippen LogP contribution in [0.5, 0.6) is 0 Å². The predicted octanol–water partition coefficient (Wildman–Crippen LogP) is 2.91. The predicted molar refractivity (Wildman–Crippen MR) is 58.1 cm³/mol. The van der Waals surface area contributed by atoms with E-state index in [1.807, 2.05) is 6.20 Å². The van der Waals surface area contributed by atoms with Crippen molar-refractivity contribution in [3.8, 4) is 0 Å². The van der Waals surface area contributed by atoms with Gasteiger partial charge in [-0.2, -0.15) is 15.4 Å². The van der Waals surface area contributed by atoms with Gasteiger partial charge >= 0.3 is 0 Å². The Balaban J connectivity index is 2.88. The van der Waals surface area contributed by atoms with Gasteiger partial charge in [0.25, 0.3) is 0 Å². The van der Waals surface area contributed by atoms with Crippen molar-refractivity contribution >= 4 is 0 Å². The summed E-state index contributed by atoms with van der Waals surface area (Å²) in [7, 11) is 0. The fourth-order valence-corrected chi connectivity index (χ4v) is 2.06. The van der Waals surface area contributed by atoms with Crippen LogP contribution in [-0.4, -0.2) is 15.4 Å². The molecule has 0 aliphatic rings. The Morgan fingerprint density at radius 3 is 2.29 bits per heavy atom. The summed E-state index contributed by atoms with van der Waals surface area (Å²) in [6.07, 6.45) is 4.06. The van der Waals surface area contributed by atoms with Crippen molar-refractivity contribution in [2.24, 2.45) is 5.41 Å². The van der Waals surface area contributed by atoms with E-state index >= 15 is 0 Å². The van der Waals surface area contributed by atoms with Gasteiger partial charge in [0.2, 0.25) is 0 Å². The standard InChI is InChI=1S/C11H21N3/c1-6-11(5,8-10(2,3)4)9-7-12-14-13-9/h7H,6,8H2,1-5H3,(H,12,13,14). The fourth-order valence-electron chi connectivity index (χ4n) is 2.06. The van der Waals surface area contributed by atoms with E-state index in [0.29, 0.717) is 5.41 Å². The molecule has 14 heavy (non-hydrogen) atoms. The number of hydrogen-bond donors (Lipinski definition) is 1. The van der Waals surface area contributed by atoms with E-state index < -0.39 is 0 Å². The molecule has 3 nitrogen and oxygen atoms in total. The summed E-state index contributed by atoms with van der Waals surface area (Å²) in [5.41, 5.74) is 1.55. The molecule has 0 spiro atoms. The van der Waals surface area contributed by atoms with Gasteiger partial charge in [-0.15, -0.1) is 0 Å². The van der Waals surface area contributed by atoms with Crippen LogP contribution in [0.3, 0.4) is 0 Å². The summed E-state index contributed by atoms with van der Waals surface area (Å²) < 4.78 is 0.